The topological polar surface area (TPSA) is 82.3 Å². The standard InChI is InChI=1S/C21H18F2N2O3/c1-12(20(26)27)11-25-18-9-16(19-15(7-8-28-19)17(18)10-24)13-3-5-14(6-4-13)21(2,22)23/h3-6,9,25H,1,7-8,11H2,2H3,(H,26,27). The second-order valence-electron chi connectivity index (χ2n) is 6.59. The largest absolute Gasteiger partial charge is 0.492 e. The first-order valence-corrected chi connectivity index (χ1v) is 8.59. The van der Waals surface area contributed by atoms with Gasteiger partial charge in [0.2, 0.25) is 0 Å². The van der Waals surface area contributed by atoms with Gasteiger partial charge in [0.1, 0.15) is 11.8 Å². The van der Waals surface area contributed by atoms with Gasteiger partial charge in [0.05, 0.1) is 17.9 Å². The maximum absolute atomic E-state index is 13.5. The highest BCUT2D eigenvalue weighted by atomic mass is 19.3. The maximum Gasteiger partial charge on any atom is 0.332 e. The van der Waals surface area contributed by atoms with Crippen molar-refractivity contribution in [2.24, 2.45) is 0 Å². The Morgan fingerprint density at radius 1 is 1.39 bits per heavy atom. The van der Waals surface area contributed by atoms with E-state index in [9.17, 15) is 18.8 Å². The number of carboxylic acids is 1. The highest BCUT2D eigenvalue weighted by Crippen LogP contribution is 2.42. The van der Waals surface area contributed by atoms with Gasteiger partial charge < -0.3 is 15.2 Å². The van der Waals surface area contributed by atoms with Gasteiger partial charge in [-0.15, -0.1) is 0 Å². The van der Waals surface area contributed by atoms with Gasteiger partial charge in [0.15, 0.2) is 0 Å². The van der Waals surface area contributed by atoms with Crippen LogP contribution in [0.3, 0.4) is 0 Å². The van der Waals surface area contributed by atoms with Gasteiger partial charge in [-0.2, -0.15) is 5.26 Å². The summed E-state index contributed by atoms with van der Waals surface area (Å²) in [6.45, 7) is 4.68. The Balaban J connectivity index is 2.05. The number of carbonyl (C=O) groups is 1. The molecule has 28 heavy (non-hydrogen) atoms. The minimum atomic E-state index is -2.94. The number of benzene rings is 2. The van der Waals surface area contributed by atoms with Gasteiger partial charge in [-0.05, 0) is 11.6 Å². The predicted molar refractivity (Wildman–Crippen MR) is 101 cm³/mol. The summed E-state index contributed by atoms with van der Waals surface area (Å²) in [5.41, 5.74) is 2.72. The van der Waals surface area contributed by atoms with E-state index in [0.29, 0.717) is 46.7 Å². The SMILES string of the molecule is C=C(CNc1cc(-c2ccc(C(C)(F)F)cc2)c2c(c1C#N)CCO2)C(=O)O. The Labute approximate surface area is 160 Å². The Morgan fingerprint density at radius 2 is 2.07 bits per heavy atom. The quantitative estimate of drug-likeness (QED) is 0.725. The molecule has 2 N–H and O–H groups in total. The molecule has 0 saturated heterocycles. The van der Waals surface area contributed by atoms with Crippen molar-refractivity contribution in [1.82, 2.24) is 0 Å². The molecule has 0 aliphatic carbocycles. The average Bonchev–Trinajstić information content (AvgIpc) is 3.14. The number of nitrogens with zero attached hydrogens (tertiary/aromatic N) is 1. The minimum Gasteiger partial charge on any atom is -0.492 e. The molecular formula is C21H18F2N2O3. The van der Waals surface area contributed by atoms with Crippen LogP contribution in [0.5, 0.6) is 5.75 Å². The van der Waals surface area contributed by atoms with Gasteiger partial charge in [-0.25, -0.2) is 13.6 Å². The fourth-order valence-corrected chi connectivity index (χ4v) is 3.08. The lowest BCUT2D eigenvalue weighted by molar-refractivity contribution is -0.132. The lowest BCUT2D eigenvalue weighted by atomic mass is 9.94. The molecule has 0 bridgehead atoms. The molecule has 5 nitrogen and oxygen atoms in total. The highest BCUT2D eigenvalue weighted by molar-refractivity contribution is 5.87. The van der Waals surface area contributed by atoms with Crippen molar-refractivity contribution in [1.29, 1.82) is 5.26 Å². The molecule has 0 radical (unpaired) electrons. The molecule has 0 amide bonds. The second kappa shape index (κ2) is 7.31. The number of ether oxygens (including phenoxy) is 1. The lowest BCUT2D eigenvalue weighted by Gasteiger charge is -2.16. The molecule has 3 rings (SSSR count). The van der Waals surface area contributed by atoms with E-state index in [0.717, 1.165) is 6.92 Å². The molecule has 0 atom stereocenters. The summed E-state index contributed by atoms with van der Waals surface area (Å²) in [6.07, 6.45) is 0.533. The zero-order chi connectivity index (χ0) is 20.5. The first kappa shape index (κ1) is 19.4. The molecule has 1 aliphatic rings. The number of hydrogen-bond donors (Lipinski definition) is 2. The van der Waals surface area contributed by atoms with Crippen LogP contribution in [0.4, 0.5) is 14.5 Å². The molecule has 2 aromatic rings. The van der Waals surface area contributed by atoms with E-state index >= 15 is 0 Å². The maximum atomic E-state index is 13.5. The van der Waals surface area contributed by atoms with Gasteiger partial charge in [0, 0.05) is 42.2 Å². The number of fused-ring (bicyclic) bond motifs is 1. The number of hydrogen-bond acceptors (Lipinski definition) is 4. The molecule has 0 spiro atoms. The van der Waals surface area contributed by atoms with E-state index < -0.39 is 11.9 Å². The number of alkyl halides is 2. The van der Waals surface area contributed by atoms with E-state index in [-0.39, 0.29) is 17.7 Å². The van der Waals surface area contributed by atoms with Gasteiger partial charge in [-0.3, -0.25) is 0 Å². The van der Waals surface area contributed by atoms with E-state index in [1.54, 1.807) is 18.2 Å². The molecule has 7 heteroatoms. The predicted octanol–water partition coefficient (Wildman–Crippen LogP) is 4.32. The van der Waals surface area contributed by atoms with Crippen molar-refractivity contribution in [3.8, 4) is 22.9 Å². The van der Waals surface area contributed by atoms with Crippen LogP contribution in [0.2, 0.25) is 0 Å². The van der Waals surface area contributed by atoms with Gasteiger partial charge in [-0.1, -0.05) is 30.8 Å². The van der Waals surface area contributed by atoms with Crippen molar-refractivity contribution in [3.05, 3.63) is 59.2 Å². The third kappa shape index (κ3) is 3.67. The van der Waals surface area contributed by atoms with Crippen LogP contribution in [0.15, 0.2) is 42.5 Å². The smallest absolute Gasteiger partial charge is 0.332 e. The third-order valence-corrected chi connectivity index (χ3v) is 4.59. The van der Waals surface area contributed by atoms with Gasteiger partial charge >= 0.3 is 5.97 Å². The van der Waals surface area contributed by atoms with Crippen LogP contribution in [0, 0.1) is 11.3 Å². The average molecular weight is 384 g/mol. The summed E-state index contributed by atoms with van der Waals surface area (Å²) in [5, 5.41) is 21.5. The molecular weight excluding hydrogens is 366 g/mol. The molecule has 2 aromatic carbocycles. The van der Waals surface area contributed by atoms with Crippen LogP contribution >= 0.6 is 0 Å². The third-order valence-electron chi connectivity index (χ3n) is 4.59. The van der Waals surface area contributed by atoms with Crippen molar-refractivity contribution in [3.63, 3.8) is 0 Å². The molecule has 1 heterocycles. The monoisotopic (exact) mass is 384 g/mol. The molecule has 0 fully saturated rings. The van der Waals surface area contributed by atoms with Crippen molar-refractivity contribution in [2.75, 3.05) is 18.5 Å². The number of nitriles is 1. The number of halogens is 2. The minimum absolute atomic E-state index is 0.0376. The molecule has 144 valence electrons. The Hall–Kier alpha value is -3.40. The fraction of sp³-hybridized carbons (Fsp3) is 0.238. The van der Waals surface area contributed by atoms with E-state index in [1.807, 2.05) is 0 Å². The lowest BCUT2D eigenvalue weighted by Crippen LogP contribution is -2.12. The molecule has 0 aromatic heterocycles. The fourth-order valence-electron chi connectivity index (χ4n) is 3.08. The first-order chi connectivity index (χ1) is 13.2. The van der Waals surface area contributed by atoms with E-state index in [1.165, 1.54) is 12.1 Å². The Bertz CT molecular complexity index is 987. The van der Waals surface area contributed by atoms with E-state index in [4.69, 9.17) is 9.84 Å². The van der Waals surface area contributed by atoms with Crippen LogP contribution in [-0.4, -0.2) is 24.2 Å². The van der Waals surface area contributed by atoms with E-state index in [2.05, 4.69) is 18.0 Å². The summed E-state index contributed by atoms with van der Waals surface area (Å²) in [5.74, 6) is -3.52. The first-order valence-electron chi connectivity index (χ1n) is 8.59. The van der Waals surface area contributed by atoms with Crippen molar-refractivity contribution < 1.29 is 23.4 Å². The normalized spacial score (nSPS) is 12.6. The number of aliphatic carboxylic acids is 1. The van der Waals surface area contributed by atoms with Crippen LogP contribution in [-0.2, 0) is 17.1 Å². The summed E-state index contributed by atoms with van der Waals surface area (Å²) < 4.78 is 32.7. The summed E-state index contributed by atoms with van der Waals surface area (Å²) >= 11 is 0. The summed E-state index contributed by atoms with van der Waals surface area (Å²) in [7, 11) is 0. The molecule has 1 aliphatic heterocycles. The number of anilines is 1. The number of rotatable bonds is 6. The second-order valence-corrected chi connectivity index (χ2v) is 6.59. The van der Waals surface area contributed by atoms with Crippen LogP contribution in [0.1, 0.15) is 23.6 Å². The zero-order valence-corrected chi connectivity index (χ0v) is 15.2. The van der Waals surface area contributed by atoms with Crippen molar-refractivity contribution >= 4 is 11.7 Å². The summed E-state index contributed by atoms with van der Waals surface area (Å²) in [4.78, 5) is 11.0. The molecule has 0 saturated carbocycles. The highest BCUT2D eigenvalue weighted by Gasteiger charge is 2.26. The van der Waals surface area contributed by atoms with Crippen molar-refractivity contribution in [2.45, 2.75) is 19.3 Å². The Morgan fingerprint density at radius 3 is 2.64 bits per heavy atom. The molecule has 0 unspecified atom stereocenters. The Kier molecular flexibility index (Phi) is 5.06. The summed E-state index contributed by atoms with van der Waals surface area (Å²) in [6, 6.07) is 9.68. The van der Waals surface area contributed by atoms with Crippen LogP contribution in [0.25, 0.3) is 11.1 Å². The van der Waals surface area contributed by atoms with Gasteiger partial charge in [0.25, 0.3) is 5.92 Å². The number of nitrogens with one attached hydrogen (secondary N) is 1. The number of carboxylic acid groups (broad SMARTS) is 1. The van der Waals surface area contributed by atoms with Crippen LogP contribution < -0.4 is 10.1 Å². The zero-order valence-electron chi connectivity index (χ0n) is 15.2.